The van der Waals surface area contributed by atoms with Crippen molar-refractivity contribution in [1.29, 1.82) is 0 Å². The van der Waals surface area contributed by atoms with Crippen LogP contribution in [0.4, 0.5) is 0 Å². The molecule has 1 amide bonds. The average Bonchev–Trinajstić information content (AvgIpc) is 2.62. The minimum atomic E-state index is -1.11. The van der Waals surface area contributed by atoms with Crippen LogP contribution in [-0.4, -0.2) is 33.4 Å². The minimum Gasteiger partial charge on any atom is -0.480 e. The van der Waals surface area contributed by atoms with Crippen LogP contribution < -0.4 is 5.32 Å². The van der Waals surface area contributed by atoms with Crippen molar-refractivity contribution in [2.75, 3.05) is 0 Å². The van der Waals surface area contributed by atoms with E-state index in [0.29, 0.717) is 5.56 Å². The third-order valence-corrected chi connectivity index (χ3v) is 4.58. The molecule has 5 nitrogen and oxygen atoms in total. The Kier molecular flexibility index (Phi) is 6.77. The summed E-state index contributed by atoms with van der Waals surface area (Å²) in [6, 6.07) is 16.7. The summed E-state index contributed by atoms with van der Waals surface area (Å²) in [5.41, 5.74) is 1.32. The number of thioether (sulfide) groups is 1. The normalized spacial score (nSPS) is 12.8. The zero-order chi connectivity index (χ0) is 18.2. The van der Waals surface area contributed by atoms with Crippen molar-refractivity contribution in [3.63, 3.8) is 0 Å². The highest BCUT2D eigenvalue weighted by molar-refractivity contribution is 8.15. The van der Waals surface area contributed by atoms with E-state index in [2.05, 4.69) is 5.32 Å². The fraction of sp³-hybridized carbons (Fsp3) is 0.211. The summed E-state index contributed by atoms with van der Waals surface area (Å²) in [5.74, 6) is -1.58. The number of carboxylic acids is 1. The summed E-state index contributed by atoms with van der Waals surface area (Å²) in [5, 5.41) is 10.9. The molecule has 130 valence electrons. The second-order valence-electron chi connectivity index (χ2n) is 5.50. The van der Waals surface area contributed by atoms with Gasteiger partial charge in [0.05, 0.1) is 5.25 Å². The first-order valence-electron chi connectivity index (χ1n) is 7.80. The molecule has 0 aromatic heterocycles. The van der Waals surface area contributed by atoms with E-state index in [0.717, 1.165) is 17.3 Å². The molecule has 2 atom stereocenters. The fourth-order valence-corrected chi connectivity index (χ4v) is 2.96. The molecule has 0 radical (unpaired) electrons. The van der Waals surface area contributed by atoms with Gasteiger partial charge in [-0.15, -0.1) is 0 Å². The van der Waals surface area contributed by atoms with Crippen molar-refractivity contribution in [1.82, 2.24) is 5.32 Å². The minimum absolute atomic E-state index is 0.186. The number of benzene rings is 2. The summed E-state index contributed by atoms with van der Waals surface area (Å²) in [6.45, 7) is 1.59. The van der Waals surface area contributed by atoms with Crippen LogP contribution in [0.15, 0.2) is 60.7 Å². The molecule has 1 unspecified atom stereocenters. The molecule has 6 heteroatoms. The molecular weight excluding hydrogens is 338 g/mol. The van der Waals surface area contributed by atoms with Gasteiger partial charge in [0, 0.05) is 12.0 Å². The quantitative estimate of drug-likeness (QED) is 0.796. The van der Waals surface area contributed by atoms with Crippen LogP contribution in [0.5, 0.6) is 0 Å². The Morgan fingerprint density at radius 3 is 2.12 bits per heavy atom. The first kappa shape index (κ1) is 18.7. The van der Waals surface area contributed by atoms with Crippen molar-refractivity contribution in [3.05, 3.63) is 71.8 Å². The molecule has 0 spiro atoms. The maximum atomic E-state index is 12.3. The first-order valence-corrected chi connectivity index (χ1v) is 8.68. The number of amides is 1. The molecule has 2 rings (SSSR count). The Labute approximate surface area is 150 Å². The van der Waals surface area contributed by atoms with Gasteiger partial charge in [-0.25, -0.2) is 4.79 Å². The van der Waals surface area contributed by atoms with Gasteiger partial charge in [0.1, 0.15) is 6.04 Å². The molecule has 0 fully saturated rings. The number of nitrogens with one attached hydrogen (secondary N) is 1. The van der Waals surface area contributed by atoms with Crippen LogP contribution in [0, 0.1) is 0 Å². The molecule has 0 aliphatic heterocycles. The lowest BCUT2D eigenvalue weighted by Gasteiger charge is -2.17. The van der Waals surface area contributed by atoms with E-state index < -0.39 is 23.2 Å². The van der Waals surface area contributed by atoms with Gasteiger partial charge in [0.2, 0.25) is 11.0 Å². The molecule has 0 saturated heterocycles. The average molecular weight is 357 g/mol. The summed E-state index contributed by atoms with van der Waals surface area (Å²) < 4.78 is 0. The van der Waals surface area contributed by atoms with Gasteiger partial charge in [-0.2, -0.15) is 0 Å². The monoisotopic (exact) mass is 357 g/mol. The number of carbonyl (C=O) groups is 3. The lowest BCUT2D eigenvalue weighted by atomic mass is 10.1. The van der Waals surface area contributed by atoms with Crippen molar-refractivity contribution < 1.29 is 19.5 Å². The van der Waals surface area contributed by atoms with E-state index in [-0.39, 0.29) is 11.5 Å². The SMILES string of the molecule is CC(SC(=O)c1ccccc1)C(=O)N[C@@H](Cc1ccccc1)C(=O)O. The van der Waals surface area contributed by atoms with E-state index in [4.69, 9.17) is 0 Å². The second kappa shape index (κ2) is 9.03. The Morgan fingerprint density at radius 2 is 1.56 bits per heavy atom. The van der Waals surface area contributed by atoms with E-state index in [1.54, 1.807) is 49.4 Å². The predicted octanol–water partition coefficient (Wildman–Crippen LogP) is 2.76. The van der Waals surface area contributed by atoms with E-state index >= 15 is 0 Å². The van der Waals surface area contributed by atoms with Crippen molar-refractivity contribution in [2.45, 2.75) is 24.6 Å². The second-order valence-corrected chi connectivity index (χ2v) is 6.82. The van der Waals surface area contributed by atoms with Crippen molar-refractivity contribution in [3.8, 4) is 0 Å². The highest BCUT2D eigenvalue weighted by Gasteiger charge is 2.25. The van der Waals surface area contributed by atoms with Gasteiger partial charge < -0.3 is 10.4 Å². The molecule has 2 aromatic rings. The zero-order valence-corrected chi connectivity index (χ0v) is 14.5. The van der Waals surface area contributed by atoms with Gasteiger partial charge >= 0.3 is 5.97 Å². The topological polar surface area (TPSA) is 83.5 Å². The number of rotatable bonds is 7. The molecule has 2 N–H and O–H groups in total. The maximum absolute atomic E-state index is 12.3. The lowest BCUT2D eigenvalue weighted by molar-refractivity contribution is -0.141. The van der Waals surface area contributed by atoms with Crippen LogP contribution in [0.25, 0.3) is 0 Å². The highest BCUT2D eigenvalue weighted by atomic mass is 32.2. The smallest absolute Gasteiger partial charge is 0.326 e. The number of aliphatic carboxylic acids is 1. The molecule has 25 heavy (non-hydrogen) atoms. The van der Waals surface area contributed by atoms with Crippen molar-refractivity contribution in [2.24, 2.45) is 0 Å². The third kappa shape index (κ3) is 5.76. The van der Waals surface area contributed by atoms with Gasteiger partial charge in [-0.05, 0) is 12.5 Å². The number of carboxylic acid groups (broad SMARTS) is 1. The first-order chi connectivity index (χ1) is 12.0. The number of hydrogen-bond donors (Lipinski definition) is 2. The highest BCUT2D eigenvalue weighted by Crippen LogP contribution is 2.18. The molecule has 0 bridgehead atoms. The summed E-state index contributed by atoms with van der Waals surface area (Å²) in [7, 11) is 0. The number of hydrogen-bond acceptors (Lipinski definition) is 4. The molecule has 0 aliphatic rings. The summed E-state index contributed by atoms with van der Waals surface area (Å²) in [4.78, 5) is 35.8. The maximum Gasteiger partial charge on any atom is 0.326 e. The van der Waals surface area contributed by atoms with Crippen LogP contribution >= 0.6 is 11.8 Å². The Balaban J connectivity index is 1.95. The Bertz CT molecular complexity index is 734. The number of carbonyl (C=O) groups excluding carboxylic acids is 2. The van der Waals surface area contributed by atoms with E-state index in [9.17, 15) is 19.5 Å². The van der Waals surface area contributed by atoms with Crippen molar-refractivity contribution >= 4 is 28.8 Å². The molecule has 2 aromatic carbocycles. The van der Waals surface area contributed by atoms with Gasteiger partial charge in [-0.3, -0.25) is 9.59 Å². The molecular formula is C19H19NO4S. The van der Waals surface area contributed by atoms with E-state index in [1.165, 1.54) is 0 Å². The van der Waals surface area contributed by atoms with Crippen LogP contribution in [0.1, 0.15) is 22.8 Å². The fourth-order valence-electron chi connectivity index (χ4n) is 2.20. The summed E-state index contributed by atoms with van der Waals surface area (Å²) >= 11 is 0.877. The molecule has 0 saturated carbocycles. The molecule has 0 heterocycles. The Morgan fingerprint density at radius 1 is 1.00 bits per heavy atom. The third-order valence-electron chi connectivity index (χ3n) is 3.56. The lowest BCUT2D eigenvalue weighted by Crippen LogP contribution is -2.45. The standard InChI is InChI=1S/C19H19NO4S/c1-13(25-19(24)15-10-6-3-7-11-15)17(21)20-16(18(22)23)12-14-8-4-2-5-9-14/h2-11,13,16H,12H2,1H3,(H,20,21)(H,22,23)/t13?,16-/m0/s1. The summed E-state index contributed by atoms with van der Waals surface area (Å²) in [6.07, 6.45) is 0.186. The largest absolute Gasteiger partial charge is 0.480 e. The Hall–Kier alpha value is -2.60. The van der Waals surface area contributed by atoms with Gasteiger partial charge in [0.15, 0.2) is 0 Å². The van der Waals surface area contributed by atoms with Crippen LogP contribution in [0.3, 0.4) is 0 Å². The predicted molar refractivity (Wildman–Crippen MR) is 97.5 cm³/mol. The van der Waals surface area contributed by atoms with Crippen LogP contribution in [0.2, 0.25) is 0 Å². The van der Waals surface area contributed by atoms with Gasteiger partial charge in [-0.1, -0.05) is 72.4 Å². The van der Waals surface area contributed by atoms with Gasteiger partial charge in [0.25, 0.3) is 0 Å². The van der Waals surface area contributed by atoms with Crippen LogP contribution in [-0.2, 0) is 16.0 Å². The zero-order valence-electron chi connectivity index (χ0n) is 13.7. The molecule has 0 aliphatic carbocycles. The van der Waals surface area contributed by atoms with E-state index in [1.807, 2.05) is 18.2 Å².